The second kappa shape index (κ2) is 4.05. The van der Waals surface area contributed by atoms with Gasteiger partial charge in [-0.1, -0.05) is 0 Å². The number of nitrogens with zero attached hydrogens (tertiary/aromatic N) is 3. The Morgan fingerprint density at radius 3 is 1.75 bits per heavy atom. The van der Waals surface area contributed by atoms with Gasteiger partial charge in [0.2, 0.25) is 0 Å². The summed E-state index contributed by atoms with van der Waals surface area (Å²) in [6.07, 6.45) is 3.28. The largest absolute Gasteiger partial charge is 0.323 e. The Morgan fingerprint density at radius 1 is 1.25 bits per heavy atom. The molecule has 0 atom stereocenters. The summed E-state index contributed by atoms with van der Waals surface area (Å²) in [5.74, 6) is 0. The summed E-state index contributed by atoms with van der Waals surface area (Å²) in [4.78, 5) is 0. The average Bonchev–Trinajstić information content (AvgIpc) is 2.24. The van der Waals surface area contributed by atoms with E-state index in [-0.39, 0.29) is 0 Å². The lowest BCUT2D eigenvalue weighted by Gasteiger charge is -1.74. The van der Waals surface area contributed by atoms with Gasteiger partial charge in [-0.3, -0.25) is 0 Å². The quantitative estimate of drug-likeness (QED) is 0.459. The van der Waals surface area contributed by atoms with Crippen molar-refractivity contribution in [2.75, 3.05) is 0 Å². The maximum absolute atomic E-state index is 3.53. The fourth-order valence-electron chi connectivity index (χ4n) is 0.252. The fraction of sp³-hybridized carbons (Fsp3) is 0.200. The monoisotopic (exact) mass is 111 g/mol. The molecule has 3 heteroatoms. The minimum atomic E-state index is 1.64. The fourth-order valence-corrected chi connectivity index (χ4v) is 0.252. The highest BCUT2D eigenvalue weighted by molar-refractivity contribution is 4.52. The van der Waals surface area contributed by atoms with Crippen LogP contribution in [0.5, 0.6) is 0 Å². The molecule has 8 heavy (non-hydrogen) atoms. The van der Waals surface area contributed by atoms with Crippen LogP contribution in [0.2, 0.25) is 0 Å². The van der Waals surface area contributed by atoms with Gasteiger partial charge in [-0.15, -0.1) is 23.4 Å². The third-order valence-electron chi connectivity index (χ3n) is 0.534. The first-order valence-electron chi connectivity index (χ1n) is 2.18. The molecule has 1 rings (SSSR count). The zero-order chi connectivity index (χ0) is 6.41. The molecule has 0 aliphatic rings. The number of aryl methyl sites for hydroxylation is 1. The lowest BCUT2D eigenvalue weighted by molar-refractivity contribution is 0.910. The van der Waals surface area contributed by atoms with Crippen molar-refractivity contribution in [1.29, 1.82) is 0 Å². The van der Waals surface area contributed by atoms with Crippen molar-refractivity contribution in [3.63, 3.8) is 0 Å². The van der Waals surface area contributed by atoms with E-state index >= 15 is 0 Å². The van der Waals surface area contributed by atoms with Crippen LogP contribution < -0.4 is 0 Å². The van der Waals surface area contributed by atoms with Crippen LogP contribution in [0.25, 0.3) is 0 Å². The Bertz CT molecular complexity index is 122. The van der Waals surface area contributed by atoms with Crippen LogP contribution >= 0.6 is 0 Å². The van der Waals surface area contributed by atoms with Crippen LogP contribution in [0.15, 0.2) is 25.8 Å². The van der Waals surface area contributed by atoms with Gasteiger partial charge < -0.3 is 4.57 Å². The second-order valence-corrected chi connectivity index (χ2v) is 1.13. The highest BCUT2D eigenvalue weighted by atomic mass is 15.2. The van der Waals surface area contributed by atoms with E-state index in [0.29, 0.717) is 0 Å². The van der Waals surface area contributed by atoms with Crippen LogP contribution in [0.3, 0.4) is 0 Å². The zero-order valence-corrected chi connectivity index (χ0v) is 4.91. The zero-order valence-electron chi connectivity index (χ0n) is 4.91. The highest BCUT2D eigenvalue weighted by Gasteiger charge is 1.70. The van der Waals surface area contributed by atoms with E-state index in [9.17, 15) is 0 Å². The average molecular weight is 111 g/mol. The molecule has 44 valence electrons. The maximum Gasteiger partial charge on any atom is 0.119 e. The summed E-state index contributed by atoms with van der Waals surface area (Å²) in [5.41, 5.74) is 0. The van der Waals surface area contributed by atoms with Crippen molar-refractivity contribution in [3.8, 4) is 0 Å². The maximum atomic E-state index is 3.53. The molecule has 0 radical (unpaired) electrons. The first-order valence-corrected chi connectivity index (χ1v) is 2.18. The summed E-state index contributed by atoms with van der Waals surface area (Å²) < 4.78 is 1.78. The molecular formula is C5H9N3. The molecule has 0 unspecified atom stereocenters. The second-order valence-electron chi connectivity index (χ2n) is 1.13. The Labute approximate surface area is 48.7 Å². The number of aromatic nitrogens is 3. The van der Waals surface area contributed by atoms with Gasteiger partial charge in [0.05, 0.1) is 0 Å². The Hall–Kier alpha value is -1.12. The topological polar surface area (TPSA) is 30.7 Å². The van der Waals surface area contributed by atoms with Gasteiger partial charge in [-0.2, -0.15) is 0 Å². The number of hydrogen-bond donors (Lipinski definition) is 0. The normalized spacial score (nSPS) is 7.12. The van der Waals surface area contributed by atoms with Crippen LogP contribution in [-0.2, 0) is 7.05 Å². The summed E-state index contributed by atoms with van der Waals surface area (Å²) in [6.45, 7) is 6.00. The van der Waals surface area contributed by atoms with Crippen LogP contribution in [0.4, 0.5) is 0 Å². The van der Waals surface area contributed by atoms with E-state index in [1.165, 1.54) is 0 Å². The van der Waals surface area contributed by atoms with Crippen molar-refractivity contribution in [2.24, 2.45) is 7.05 Å². The van der Waals surface area contributed by atoms with Crippen LogP contribution in [0.1, 0.15) is 0 Å². The predicted molar refractivity (Wildman–Crippen MR) is 32.3 cm³/mol. The molecule has 0 aliphatic heterocycles. The molecule has 0 saturated carbocycles. The number of hydrogen-bond acceptors (Lipinski definition) is 2. The highest BCUT2D eigenvalue weighted by Crippen LogP contribution is 1.66. The summed E-state index contributed by atoms with van der Waals surface area (Å²) in [7, 11) is 1.88. The molecular weight excluding hydrogens is 102 g/mol. The molecule has 0 N–H and O–H groups in total. The minimum Gasteiger partial charge on any atom is -0.323 e. The Morgan fingerprint density at radius 2 is 1.62 bits per heavy atom. The molecule has 1 heterocycles. The molecule has 1 aromatic rings. The van der Waals surface area contributed by atoms with Crippen molar-refractivity contribution >= 4 is 0 Å². The minimum absolute atomic E-state index is 1.64. The van der Waals surface area contributed by atoms with Gasteiger partial charge in [0.1, 0.15) is 12.7 Å². The predicted octanol–water partition coefficient (Wildman–Crippen LogP) is 0.617. The van der Waals surface area contributed by atoms with Gasteiger partial charge in [0.25, 0.3) is 0 Å². The van der Waals surface area contributed by atoms with E-state index in [0.717, 1.165) is 0 Å². The molecule has 0 saturated heterocycles. The van der Waals surface area contributed by atoms with Gasteiger partial charge >= 0.3 is 0 Å². The van der Waals surface area contributed by atoms with Crippen LogP contribution in [0, 0.1) is 0 Å². The smallest absolute Gasteiger partial charge is 0.119 e. The van der Waals surface area contributed by atoms with E-state index in [1.807, 2.05) is 7.05 Å². The van der Waals surface area contributed by atoms with Gasteiger partial charge in [0.15, 0.2) is 0 Å². The van der Waals surface area contributed by atoms with E-state index in [2.05, 4.69) is 23.4 Å². The lowest BCUT2D eigenvalue weighted by atomic mass is 11.1. The van der Waals surface area contributed by atoms with Crippen molar-refractivity contribution in [2.45, 2.75) is 0 Å². The SMILES string of the molecule is C=C.Cn1cnnc1. The summed E-state index contributed by atoms with van der Waals surface area (Å²) >= 11 is 0. The van der Waals surface area contributed by atoms with Crippen LogP contribution in [-0.4, -0.2) is 14.8 Å². The van der Waals surface area contributed by atoms with Crippen molar-refractivity contribution in [1.82, 2.24) is 14.8 Å². The van der Waals surface area contributed by atoms with Crippen molar-refractivity contribution in [3.05, 3.63) is 25.8 Å². The molecule has 0 spiro atoms. The molecule has 1 aromatic heterocycles. The molecule has 0 amide bonds. The molecule has 0 aromatic carbocycles. The number of rotatable bonds is 0. The standard InChI is InChI=1S/C3H5N3.C2H4/c1-6-2-4-5-3-6;1-2/h2-3H,1H3;1-2H2. The van der Waals surface area contributed by atoms with Gasteiger partial charge in [-0.05, 0) is 0 Å². The van der Waals surface area contributed by atoms with E-state index in [4.69, 9.17) is 0 Å². The van der Waals surface area contributed by atoms with Crippen molar-refractivity contribution < 1.29 is 0 Å². The Kier molecular flexibility index (Phi) is 3.48. The molecule has 0 fully saturated rings. The Balaban J connectivity index is 0.000000222. The molecule has 3 nitrogen and oxygen atoms in total. The molecule has 0 bridgehead atoms. The lowest BCUT2D eigenvalue weighted by Crippen LogP contribution is -1.76. The van der Waals surface area contributed by atoms with Gasteiger partial charge in [-0.25, -0.2) is 0 Å². The summed E-state index contributed by atoms with van der Waals surface area (Å²) in [5, 5.41) is 7.07. The summed E-state index contributed by atoms with van der Waals surface area (Å²) in [6, 6.07) is 0. The first kappa shape index (κ1) is 6.88. The van der Waals surface area contributed by atoms with E-state index in [1.54, 1.807) is 17.2 Å². The van der Waals surface area contributed by atoms with Gasteiger partial charge in [0, 0.05) is 7.05 Å². The first-order chi connectivity index (χ1) is 3.89. The van der Waals surface area contributed by atoms with E-state index < -0.39 is 0 Å². The third kappa shape index (κ3) is 2.12. The third-order valence-corrected chi connectivity index (χ3v) is 0.534. The molecule has 0 aliphatic carbocycles.